The smallest absolute Gasteiger partial charge is 0.253 e. The Hall–Kier alpha value is -2.29. The molecule has 2 rings (SSSR count). The van der Waals surface area contributed by atoms with E-state index in [-0.39, 0.29) is 11.7 Å². The largest absolute Gasteiger partial charge is 0.497 e. The van der Waals surface area contributed by atoms with Gasteiger partial charge in [0, 0.05) is 19.7 Å². The van der Waals surface area contributed by atoms with Gasteiger partial charge in [-0.3, -0.25) is 4.79 Å². The summed E-state index contributed by atoms with van der Waals surface area (Å²) in [7, 11) is 0.950. The molecule has 2 aromatic carbocycles. The topological polar surface area (TPSA) is 29.5 Å². The number of methoxy groups -OCH3 is 1. The summed E-state index contributed by atoms with van der Waals surface area (Å²) >= 11 is 0. The lowest BCUT2D eigenvalue weighted by Gasteiger charge is -2.11. The van der Waals surface area contributed by atoms with E-state index in [0.29, 0.717) is 5.56 Å². The molecule has 98 valence electrons. The molecule has 2 aromatic rings. The van der Waals surface area contributed by atoms with Crippen LogP contribution in [0.15, 0.2) is 48.5 Å². The van der Waals surface area contributed by atoms with Gasteiger partial charge in [-0.1, -0.05) is 24.3 Å². The van der Waals surface area contributed by atoms with Crippen LogP contribution < -0.4 is 4.74 Å². The summed E-state index contributed by atoms with van der Waals surface area (Å²) in [6, 6.07) is 14.0. The van der Waals surface area contributed by atoms with Crippen LogP contribution in [0.1, 0.15) is 14.5 Å². The van der Waals surface area contributed by atoms with Crippen LogP contribution in [0.5, 0.6) is 5.75 Å². The molecule has 0 fully saturated rings. The first-order chi connectivity index (χ1) is 10.3. The van der Waals surface area contributed by atoms with Crippen molar-refractivity contribution in [1.82, 2.24) is 4.90 Å². The van der Waals surface area contributed by atoms with Crippen LogP contribution in [-0.2, 0) is 0 Å². The first-order valence-corrected chi connectivity index (χ1v) is 5.87. The lowest BCUT2D eigenvalue weighted by atomic mass is 10.0. The van der Waals surface area contributed by atoms with Crippen LogP contribution in [0.4, 0.5) is 0 Å². The van der Waals surface area contributed by atoms with Crippen molar-refractivity contribution in [2.45, 2.75) is 0 Å². The van der Waals surface area contributed by atoms with E-state index in [1.54, 1.807) is 44.4 Å². The first-order valence-electron chi connectivity index (χ1n) is 7.37. The molecule has 0 heterocycles. The number of ether oxygens (including phenoxy) is 1. The molecule has 0 saturated carbocycles. The highest BCUT2D eigenvalue weighted by Gasteiger charge is 2.08. The summed E-state index contributed by atoms with van der Waals surface area (Å²) in [6.07, 6.45) is 0. The second kappa shape index (κ2) is 5.57. The predicted molar refractivity (Wildman–Crippen MR) is 76.4 cm³/mol. The normalized spacial score (nSPS) is 13.1. The summed E-state index contributed by atoms with van der Waals surface area (Å²) in [5, 5.41) is 0. The summed E-state index contributed by atoms with van der Waals surface area (Å²) in [4.78, 5) is 13.5. The monoisotopic (exact) mass is 258 g/mol. The van der Waals surface area contributed by atoms with Gasteiger partial charge in [0.25, 0.3) is 5.91 Å². The van der Waals surface area contributed by atoms with Crippen molar-refractivity contribution in [3.05, 3.63) is 54.1 Å². The van der Waals surface area contributed by atoms with Crippen molar-refractivity contribution >= 4 is 5.91 Å². The molecule has 3 heteroatoms. The Morgan fingerprint density at radius 3 is 2.47 bits per heavy atom. The standard InChI is InChI=1S/C16H17NO2/c1-17(2)16(18)14-6-4-5-13(11-14)12-7-9-15(19-3)10-8-12/h4-11H,1-3H3/i3D3. The van der Waals surface area contributed by atoms with Crippen LogP contribution in [0, 0.1) is 0 Å². The van der Waals surface area contributed by atoms with Crippen molar-refractivity contribution in [3.63, 3.8) is 0 Å². The van der Waals surface area contributed by atoms with E-state index >= 15 is 0 Å². The molecule has 0 aliphatic rings. The zero-order chi connectivity index (χ0) is 16.3. The minimum absolute atomic E-state index is 0.0656. The number of amides is 1. The van der Waals surface area contributed by atoms with E-state index in [0.717, 1.165) is 11.1 Å². The zero-order valence-electron chi connectivity index (χ0n) is 13.9. The fourth-order valence-electron chi connectivity index (χ4n) is 1.81. The number of hydrogen-bond acceptors (Lipinski definition) is 2. The molecule has 0 spiro atoms. The van der Waals surface area contributed by atoms with Crippen molar-refractivity contribution < 1.29 is 13.6 Å². The summed E-state index contributed by atoms with van der Waals surface area (Å²) in [5.41, 5.74) is 2.37. The summed E-state index contributed by atoms with van der Waals surface area (Å²) in [5.74, 6) is 0.216. The van der Waals surface area contributed by atoms with E-state index in [2.05, 4.69) is 0 Å². The van der Waals surface area contributed by atoms with Crippen LogP contribution in [0.25, 0.3) is 11.1 Å². The van der Waals surface area contributed by atoms with Gasteiger partial charge in [0.1, 0.15) is 5.75 Å². The molecule has 0 radical (unpaired) electrons. The minimum atomic E-state index is -2.46. The van der Waals surface area contributed by atoms with Crippen LogP contribution in [0.3, 0.4) is 0 Å². The third-order valence-electron chi connectivity index (χ3n) is 2.82. The van der Waals surface area contributed by atoms with Crippen molar-refractivity contribution in [3.8, 4) is 16.9 Å². The third kappa shape index (κ3) is 2.94. The maximum atomic E-state index is 12.0. The molecule has 0 aliphatic carbocycles. The fraction of sp³-hybridized carbons (Fsp3) is 0.188. The van der Waals surface area contributed by atoms with Crippen LogP contribution in [0.2, 0.25) is 0 Å². The fourth-order valence-corrected chi connectivity index (χ4v) is 1.81. The molecule has 0 N–H and O–H groups in total. The summed E-state index contributed by atoms with van der Waals surface area (Å²) < 4.78 is 26.0. The molecule has 19 heavy (non-hydrogen) atoms. The molecule has 0 saturated heterocycles. The molecular weight excluding hydrogens is 238 g/mol. The van der Waals surface area contributed by atoms with Gasteiger partial charge in [-0.2, -0.15) is 0 Å². The number of benzene rings is 2. The number of nitrogens with zero attached hydrogens (tertiary/aromatic N) is 1. The van der Waals surface area contributed by atoms with Crippen LogP contribution in [-0.4, -0.2) is 31.9 Å². The quantitative estimate of drug-likeness (QED) is 0.846. The molecule has 0 aromatic heterocycles. The zero-order valence-corrected chi connectivity index (χ0v) is 10.9. The first kappa shape index (κ1) is 9.62. The Morgan fingerprint density at radius 2 is 1.84 bits per heavy atom. The van der Waals surface area contributed by atoms with E-state index in [1.807, 2.05) is 18.2 Å². The maximum absolute atomic E-state index is 12.0. The number of carbonyl (C=O) groups excluding carboxylic acids is 1. The molecule has 0 bridgehead atoms. The van der Waals surface area contributed by atoms with Gasteiger partial charge in [-0.05, 0) is 35.4 Å². The van der Waals surface area contributed by atoms with Crippen LogP contribution >= 0.6 is 0 Å². The van der Waals surface area contributed by atoms with Crippen molar-refractivity contribution in [2.24, 2.45) is 0 Å². The SMILES string of the molecule is [2H]C([2H])([2H])Oc1ccc(-c2cccc(C(=O)N(C)C)c2)cc1. The molecule has 0 aliphatic heterocycles. The lowest BCUT2D eigenvalue weighted by Crippen LogP contribution is -2.21. The highest BCUT2D eigenvalue weighted by molar-refractivity contribution is 5.95. The molecular formula is C16H17NO2. The Kier molecular flexibility index (Phi) is 2.82. The predicted octanol–water partition coefficient (Wildman–Crippen LogP) is 3.06. The van der Waals surface area contributed by atoms with Gasteiger partial charge in [-0.25, -0.2) is 0 Å². The van der Waals surface area contributed by atoms with Gasteiger partial charge in [0.2, 0.25) is 0 Å². The van der Waals surface area contributed by atoms with Gasteiger partial charge < -0.3 is 9.64 Å². The second-order valence-electron chi connectivity index (χ2n) is 4.41. The Labute approximate surface area is 117 Å². The number of carbonyl (C=O) groups is 1. The Balaban J connectivity index is 2.25. The van der Waals surface area contributed by atoms with Gasteiger partial charge in [-0.15, -0.1) is 0 Å². The van der Waals surface area contributed by atoms with Crippen molar-refractivity contribution in [1.29, 1.82) is 0 Å². The van der Waals surface area contributed by atoms with E-state index in [1.165, 1.54) is 4.90 Å². The van der Waals surface area contributed by atoms with E-state index in [4.69, 9.17) is 8.85 Å². The lowest BCUT2D eigenvalue weighted by molar-refractivity contribution is 0.0827. The van der Waals surface area contributed by atoms with E-state index in [9.17, 15) is 4.79 Å². The van der Waals surface area contributed by atoms with E-state index < -0.39 is 7.04 Å². The average molecular weight is 258 g/mol. The molecule has 1 amide bonds. The highest BCUT2D eigenvalue weighted by atomic mass is 16.5. The molecule has 0 atom stereocenters. The highest BCUT2D eigenvalue weighted by Crippen LogP contribution is 2.23. The molecule has 3 nitrogen and oxygen atoms in total. The van der Waals surface area contributed by atoms with Gasteiger partial charge >= 0.3 is 0 Å². The summed E-state index contributed by atoms with van der Waals surface area (Å²) in [6.45, 7) is 0. The third-order valence-corrected chi connectivity index (χ3v) is 2.82. The van der Waals surface area contributed by atoms with Gasteiger partial charge in [0.05, 0.1) is 11.2 Å². The minimum Gasteiger partial charge on any atom is -0.497 e. The Bertz CT molecular complexity index is 664. The van der Waals surface area contributed by atoms with Crippen molar-refractivity contribution in [2.75, 3.05) is 21.1 Å². The second-order valence-corrected chi connectivity index (χ2v) is 4.41. The number of rotatable bonds is 3. The number of hydrogen-bond donors (Lipinski definition) is 0. The maximum Gasteiger partial charge on any atom is 0.253 e. The average Bonchev–Trinajstić information content (AvgIpc) is 2.45. The van der Waals surface area contributed by atoms with Gasteiger partial charge in [0.15, 0.2) is 0 Å². The molecule has 0 unspecified atom stereocenters. The Morgan fingerprint density at radius 1 is 1.11 bits per heavy atom.